The summed E-state index contributed by atoms with van der Waals surface area (Å²) < 4.78 is 6.55. The van der Waals surface area contributed by atoms with Gasteiger partial charge in [-0.15, -0.1) is 0 Å². The Labute approximate surface area is 96.4 Å². The molecule has 3 nitrogen and oxygen atoms in total. The van der Waals surface area contributed by atoms with E-state index < -0.39 is 0 Å². The van der Waals surface area contributed by atoms with Gasteiger partial charge in [-0.25, -0.2) is 4.98 Å². The Morgan fingerprint density at radius 1 is 1.33 bits per heavy atom. The highest BCUT2D eigenvalue weighted by Crippen LogP contribution is 2.27. The molecule has 0 aliphatic rings. The van der Waals surface area contributed by atoms with E-state index in [1.54, 1.807) is 6.20 Å². The van der Waals surface area contributed by atoms with Gasteiger partial charge in [0.2, 0.25) is 5.89 Å². The lowest BCUT2D eigenvalue weighted by Crippen LogP contribution is -2.01. The molecule has 0 fully saturated rings. The van der Waals surface area contributed by atoms with Crippen molar-refractivity contribution in [2.75, 3.05) is 6.54 Å². The topological polar surface area (TPSA) is 52.0 Å². The van der Waals surface area contributed by atoms with Crippen LogP contribution in [0.3, 0.4) is 0 Å². The summed E-state index contributed by atoms with van der Waals surface area (Å²) in [7, 11) is 0. The summed E-state index contributed by atoms with van der Waals surface area (Å²) >= 11 is 3.46. The quantitative estimate of drug-likeness (QED) is 0.929. The van der Waals surface area contributed by atoms with Crippen LogP contribution in [-0.2, 0) is 6.42 Å². The van der Waals surface area contributed by atoms with Crippen LogP contribution in [-0.4, -0.2) is 11.5 Å². The Morgan fingerprint density at radius 2 is 2.13 bits per heavy atom. The van der Waals surface area contributed by atoms with E-state index >= 15 is 0 Å². The summed E-state index contributed by atoms with van der Waals surface area (Å²) in [4.78, 5) is 4.21. The standard InChI is InChI=1S/C11H11BrN2O/c12-10-4-2-1-3-9(10)11-14-7-8(15-11)5-6-13/h1-4,7H,5-6,13H2. The molecule has 4 heteroatoms. The minimum atomic E-state index is 0.574. The van der Waals surface area contributed by atoms with Gasteiger partial charge < -0.3 is 10.2 Å². The Hall–Kier alpha value is -1.13. The molecule has 2 rings (SSSR count). The lowest BCUT2D eigenvalue weighted by molar-refractivity contribution is 0.519. The van der Waals surface area contributed by atoms with Crippen LogP contribution in [0.1, 0.15) is 5.76 Å². The number of halogens is 1. The number of hydrogen-bond acceptors (Lipinski definition) is 3. The van der Waals surface area contributed by atoms with Crippen LogP contribution < -0.4 is 5.73 Å². The van der Waals surface area contributed by atoms with E-state index in [9.17, 15) is 0 Å². The zero-order chi connectivity index (χ0) is 10.7. The van der Waals surface area contributed by atoms with Crippen LogP contribution >= 0.6 is 15.9 Å². The second-order valence-corrected chi connectivity index (χ2v) is 4.00. The summed E-state index contributed by atoms with van der Waals surface area (Å²) in [6.45, 7) is 0.574. The molecule has 2 N–H and O–H groups in total. The lowest BCUT2D eigenvalue weighted by atomic mass is 10.2. The third-order valence-corrected chi connectivity index (χ3v) is 2.74. The summed E-state index contributed by atoms with van der Waals surface area (Å²) in [6, 6.07) is 7.83. The predicted molar refractivity (Wildman–Crippen MR) is 62.4 cm³/mol. The number of hydrogen-bond donors (Lipinski definition) is 1. The van der Waals surface area contributed by atoms with Crippen LogP contribution in [0.25, 0.3) is 11.5 Å². The summed E-state index contributed by atoms with van der Waals surface area (Å²) in [5, 5.41) is 0. The van der Waals surface area contributed by atoms with Crippen molar-refractivity contribution < 1.29 is 4.42 Å². The van der Waals surface area contributed by atoms with Gasteiger partial charge in [-0.1, -0.05) is 12.1 Å². The smallest absolute Gasteiger partial charge is 0.227 e. The van der Waals surface area contributed by atoms with Gasteiger partial charge in [0.15, 0.2) is 0 Å². The summed E-state index contributed by atoms with van der Waals surface area (Å²) in [5.74, 6) is 1.45. The van der Waals surface area contributed by atoms with Crippen molar-refractivity contribution >= 4 is 15.9 Å². The van der Waals surface area contributed by atoms with Gasteiger partial charge in [-0.3, -0.25) is 0 Å². The highest BCUT2D eigenvalue weighted by Gasteiger charge is 2.08. The zero-order valence-electron chi connectivity index (χ0n) is 8.11. The minimum absolute atomic E-state index is 0.574. The van der Waals surface area contributed by atoms with Crippen molar-refractivity contribution in [3.05, 3.63) is 40.7 Å². The monoisotopic (exact) mass is 266 g/mol. The normalized spacial score (nSPS) is 10.5. The Kier molecular flexibility index (Phi) is 3.18. The number of aromatic nitrogens is 1. The van der Waals surface area contributed by atoms with Gasteiger partial charge in [0, 0.05) is 10.9 Å². The molecule has 15 heavy (non-hydrogen) atoms. The molecule has 2 aromatic rings. The first kappa shape index (κ1) is 10.4. The predicted octanol–water partition coefficient (Wildman–Crippen LogP) is 2.61. The first-order valence-electron chi connectivity index (χ1n) is 4.71. The molecule has 1 heterocycles. The highest BCUT2D eigenvalue weighted by atomic mass is 79.9. The van der Waals surface area contributed by atoms with E-state index in [-0.39, 0.29) is 0 Å². The van der Waals surface area contributed by atoms with Gasteiger partial charge in [0.05, 0.1) is 11.8 Å². The van der Waals surface area contributed by atoms with E-state index in [2.05, 4.69) is 20.9 Å². The molecule has 0 amide bonds. The molecule has 0 saturated heterocycles. The van der Waals surface area contributed by atoms with Crippen LogP contribution in [0.2, 0.25) is 0 Å². The molecule has 0 unspecified atom stereocenters. The fraction of sp³-hybridized carbons (Fsp3) is 0.182. The average Bonchev–Trinajstić information content (AvgIpc) is 2.68. The molecule has 78 valence electrons. The maximum absolute atomic E-state index is 5.57. The summed E-state index contributed by atoms with van der Waals surface area (Å²) in [6.07, 6.45) is 2.44. The van der Waals surface area contributed by atoms with Crippen molar-refractivity contribution in [2.24, 2.45) is 5.73 Å². The van der Waals surface area contributed by atoms with Gasteiger partial charge in [-0.05, 0) is 34.6 Å². The Balaban J connectivity index is 2.33. The van der Waals surface area contributed by atoms with Crippen LogP contribution in [0, 0.1) is 0 Å². The summed E-state index contributed by atoms with van der Waals surface area (Å²) in [5.41, 5.74) is 6.40. The highest BCUT2D eigenvalue weighted by molar-refractivity contribution is 9.10. The SMILES string of the molecule is NCCc1cnc(-c2ccccc2Br)o1. The van der Waals surface area contributed by atoms with Crippen molar-refractivity contribution in [1.82, 2.24) is 4.98 Å². The lowest BCUT2D eigenvalue weighted by Gasteiger charge is -1.98. The Morgan fingerprint density at radius 3 is 2.87 bits per heavy atom. The molecule has 0 aliphatic carbocycles. The second-order valence-electron chi connectivity index (χ2n) is 3.15. The Bertz CT molecular complexity index is 453. The molecule has 0 aliphatic heterocycles. The van der Waals surface area contributed by atoms with Gasteiger partial charge in [0.25, 0.3) is 0 Å². The number of rotatable bonds is 3. The van der Waals surface area contributed by atoms with Crippen molar-refractivity contribution in [1.29, 1.82) is 0 Å². The average molecular weight is 267 g/mol. The maximum atomic E-state index is 5.57. The second kappa shape index (κ2) is 4.59. The number of nitrogens with two attached hydrogens (primary N) is 1. The fourth-order valence-corrected chi connectivity index (χ4v) is 1.78. The van der Waals surface area contributed by atoms with E-state index in [0.29, 0.717) is 12.4 Å². The fourth-order valence-electron chi connectivity index (χ4n) is 1.32. The molecule has 0 bridgehead atoms. The van der Waals surface area contributed by atoms with Crippen LogP contribution in [0.5, 0.6) is 0 Å². The molecule has 1 aromatic heterocycles. The van der Waals surface area contributed by atoms with Crippen molar-refractivity contribution in [3.8, 4) is 11.5 Å². The third-order valence-electron chi connectivity index (χ3n) is 2.05. The van der Waals surface area contributed by atoms with Crippen molar-refractivity contribution in [2.45, 2.75) is 6.42 Å². The van der Waals surface area contributed by atoms with Gasteiger partial charge in [0.1, 0.15) is 5.76 Å². The number of nitrogens with zero attached hydrogens (tertiary/aromatic N) is 1. The molecular formula is C11H11BrN2O. The first-order chi connectivity index (χ1) is 7.31. The van der Waals surface area contributed by atoms with Gasteiger partial charge in [-0.2, -0.15) is 0 Å². The van der Waals surface area contributed by atoms with E-state index in [4.69, 9.17) is 10.2 Å². The van der Waals surface area contributed by atoms with Crippen LogP contribution in [0.4, 0.5) is 0 Å². The van der Waals surface area contributed by atoms with E-state index in [1.165, 1.54) is 0 Å². The number of oxazole rings is 1. The van der Waals surface area contributed by atoms with Crippen LogP contribution in [0.15, 0.2) is 39.4 Å². The third kappa shape index (κ3) is 2.27. The molecule has 0 spiro atoms. The number of benzene rings is 1. The first-order valence-corrected chi connectivity index (χ1v) is 5.50. The molecule has 0 atom stereocenters. The molecule has 0 saturated carbocycles. The largest absolute Gasteiger partial charge is 0.441 e. The van der Waals surface area contributed by atoms with Crippen molar-refractivity contribution in [3.63, 3.8) is 0 Å². The van der Waals surface area contributed by atoms with Gasteiger partial charge >= 0.3 is 0 Å². The molecule has 0 radical (unpaired) electrons. The molecular weight excluding hydrogens is 256 g/mol. The van der Waals surface area contributed by atoms with E-state index in [1.807, 2.05) is 24.3 Å². The molecule has 1 aromatic carbocycles. The van der Waals surface area contributed by atoms with E-state index in [0.717, 1.165) is 22.2 Å². The zero-order valence-corrected chi connectivity index (χ0v) is 9.70. The maximum Gasteiger partial charge on any atom is 0.227 e. The minimum Gasteiger partial charge on any atom is -0.441 e.